The lowest BCUT2D eigenvalue weighted by Gasteiger charge is -2.40. The number of phenols is 2. The van der Waals surface area contributed by atoms with Crippen LogP contribution in [0.1, 0.15) is 37.4 Å². The fourth-order valence-electron chi connectivity index (χ4n) is 3.77. The Morgan fingerprint density at radius 1 is 0.931 bits per heavy atom. The third-order valence-corrected chi connectivity index (χ3v) is 5.02. The van der Waals surface area contributed by atoms with Crippen molar-refractivity contribution in [2.75, 3.05) is 7.11 Å². The van der Waals surface area contributed by atoms with E-state index in [0.29, 0.717) is 23.0 Å². The molecule has 3 aromatic carbocycles. The van der Waals surface area contributed by atoms with Crippen LogP contribution in [0, 0.1) is 0 Å². The first-order valence-electron chi connectivity index (χ1n) is 8.63. The maximum Gasteiger partial charge on any atom is 0.335 e. The third-order valence-electron chi connectivity index (χ3n) is 5.02. The van der Waals surface area contributed by atoms with Crippen LogP contribution in [0.4, 0.5) is 0 Å². The molecule has 0 spiro atoms. The molecule has 0 radical (unpaired) electrons. The summed E-state index contributed by atoms with van der Waals surface area (Å²) >= 11 is 0. The van der Waals surface area contributed by atoms with Gasteiger partial charge in [-0.15, -0.1) is 0 Å². The van der Waals surface area contributed by atoms with Crippen molar-refractivity contribution in [2.24, 2.45) is 0 Å². The Labute approximate surface area is 165 Å². The zero-order valence-electron chi connectivity index (χ0n) is 15.2. The van der Waals surface area contributed by atoms with E-state index in [-0.39, 0.29) is 34.1 Å². The minimum Gasteiger partial charge on any atom is -0.508 e. The Morgan fingerprint density at radius 2 is 1.48 bits per heavy atom. The fraction of sp³-hybridized carbons (Fsp3) is 0.0909. The number of aromatic hydroxyl groups is 2. The van der Waals surface area contributed by atoms with Gasteiger partial charge in [0.15, 0.2) is 5.60 Å². The van der Waals surface area contributed by atoms with Crippen molar-refractivity contribution in [3.63, 3.8) is 0 Å². The number of hydrogen-bond donors (Lipinski definition) is 3. The molecule has 0 aromatic heterocycles. The lowest BCUT2D eigenvalue weighted by Crippen LogP contribution is -2.35. The first-order chi connectivity index (χ1) is 13.9. The van der Waals surface area contributed by atoms with Crippen LogP contribution in [0.2, 0.25) is 0 Å². The number of hydrogen-bond acceptors (Lipinski definition) is 6. The van der Waals surface area contributed by atoms with E-state index in [1.165, 1.54) is 49.6 Å². The molecule has 1 aliphatic rings. The monoisotopic (exact) mass is 392 g/mol. The van der Waals surface area contributed by atoms with Crippen molar-refractivity contribution in [3.8, 4) is 23.0 Å². The zero-order chi connectivity index (χ0) is 20.8. The smallest absolute Gasteiger partial charge is 0.335 e. The molecule has 3 aromatic rings. The molecule has 1 heterocycles. The number of carbonyl (C=O) groups excluding carboxylic acids is 1. The predicted molar refractivity (Wildman–Crippen MR) is 102 cm³/mol. The van der Waals surface area contributed by atoms with E-state index in [1.54, 1.807) is 12.1 Å². The standard InChI is InChI=1S/C22H16O7/c1-28-22(16-5-2-12(21(26)27)8-13(16)11-23)17-6-3-14(24)9-19(17)29-20-10-15(25)4-7-18(20)22/h2-11,24-25H,1H3,(H,26,27). The second-order valence-electron chi connectivity index (χ2n) is 6.57. The third kappa shape index (κ3) is 2.71. The molecule has 7 heteroatoms. The second-order valence-corrected chi connectivity index (χ2v) is 6.57. The highest BCUT2D eigenvalue weighted by molar-refractivity contribution is 5.91. The van der Waals surface area contributed by atoms with Gasteiger partial charge in [-0.2, -0.15) is 0 Å². The molecule has 0 saturated carbocycles. The number of aromatic carboxylic acids is 1. The molecule has 7 nitrogen and oxygen atoms in total. The molecule has 146 valence electrons. The molecule has 0 aliphatic carbocycles. The van der Waals surface area contributed by atoms with E-state index in [9.17, 15) is 24.9 Å². The molecule has 0 amide bonds. The minimum atomic E-state index is -1.34. The summed E-state index contributed by atoms with van der Waals surface area (Å²) in [5.41, 5.74) is 0.196. The predicted octanol–water partition coefficient (Wildman–Crippen LogP) is 3.65. The van der Waals surface area contributed by atoms with Gasteiger partial charge >= 0.3 is 5.97 Å². The van der Waals surface area contributed by atoms with E-state index in [2.05, 4.69) is 0 Å². The lowest BCUT2D eigenvalue weighted by atomic mass is 9.76. The number of benzene rings is 3. The van der Waals surface area contributed by atoms with Crippen LogP contribution in [0.25, 0.3) is 0 Å². The maximum atomic E-state index is 11.9. The van der Waals surface area contributed by atoms with Gasteiger partial charge in [0.1, 0.15) is 29.3 Å². The highest BCUT2D eigenvalue weighted by Gasteiger charge is 2.46. The van der Waals surface area contributed by atoms with Crippen LogP contribution in [0.5, 0.6) is 23.0 Å². The first kappa shape index (κ1) is 18.5. The number of carbonyl (C=O) groups is 2. The van der Waals surface area contributed by atoms with Crippen molar-refractivity contribution in [1.29, 1.82) is 0 Å². The highest BCUT2D eigenvalue weighted by atomic mass is 16.5. The SMILES string of the molecule is COC1(c2ccc(C(=O)O)cc2C=O)c2ccc(O)cc2Oc2cc(O)ccc21. The van der Waals surface area contributed by atoms with Crippen molar-refractivity contribution in [1.82, 2.24) is 0 Å². The number of methoxy groups -OCH3 is 1. The minimum absolute atomic E-state index is 0.0332. The lowest BCUT2D eigenvalue weighted by molar-refractivity contribution is 0.0489. The number of ether oxygens (including phenoxy) is 2. The molecule has 0 atom stereocenters. The molecular weight excluding hydrogens is 376 g/mol. The molecular formula is C22H16O7. The number of phenolic OH excluding ortho intramolecular Hbond substituents is 2. The van der Waals surface area contributed by atoms with Crippen molar-refractivity contribution in [3.05, 3.63) is 82.4 Å². The van der Waals surface area contributed by atoms with E-state index < -0.39 is 11.6 Å². The normalized spacial score (nSPS) is 13.7. The average molecular weight is 392 g/mol. The van der Waals surface area contributed by atoms with E-state index >= 15 is 0 Å². The Balaban J connectivity index is 2.10. The summed E-state index contributed by atoms with van der Waals surface area (Å²) in [6.45, 7) is 0. The molecule has 4 rings (SSSR count). The maximum absolute atomic E-state index is 11.9. The average Bonchev–Trinajstić information content (AvgIpc) is 2.71. The molecule has 0 unspecified atom stereocenters. The summed E-state index contributed by atoms with van der Waals surface area (Å²) in [6.07, 6.45) is 0.568. The molecule has 0 bridgehead atoms. The fourth-order valence-corrected chi connectivity index (χ4v) is 3.77. The van der Waals surface area contributed by atoms with Crippen LogP contribution in [0.15, 0.2) is 54.6 Å². The summed E-state index contributed by atoms with van der Waals surface area (Å²) in [5, 5.41) is 29.1. The Morgan fingerprint density at radius 3 is 1.97 bits per heavy atom. The van der Waals surface area contributed by atoms with Gasteiger partial charge < -0.3 is 24.8 Å². The van der Waals surface area contributed by atoms with Gasteiger partial charge in [-0.1, -0.05) is 6.07 Å². The Kier molecular flexibility index (Phi) is 4.24. The van der Waals surface area contributed by atoms with Gasteiger partial charge in [0.2, 0.25) is 0 Å². The van der Waals surface area contributed by atoms with Gasteiger partial charge in [-0.3, -0.25) is 4.79 Å². The number of fused-ring (bicyclic) bond motifs is 2. The van der Waals surface area contributed by atoms with Gasteiger partial charge in [0, 0.05) is 41.5 Å². The van der Waals surface area contributed by atoms with Crippen LogP contribution < -0.4 is 4.74 Å². The van der Waals surface area contributed by atoms with Crippen LogP contribution in [0.3, 0.4) is 0 Å². The zero-order valence-corrected chi connectivity index (χ0v) is 15.2. The first-order valence-corrected chi connectivity index (χ1v) is 8.63. The Bertz CT molecular complexity index is 1100. The summed E-state index contributed by atoms with van der Waals surface area (Å²) < 4.78 is 11.9. The van der Waals surface area contributed by atoms with Gasteiger partial charge in [0.05, 0.1) is 5.56 Å². The largest absolute Gasteiger partial charge is 0.508 e. The number of rotatable bonds is 4. The van der Waals surface area contributed by atoms with E-state index in [0.717, 1.165) is 0 Å². The molecule has 29 heavy (non-hydrogen) atoms. The Hall–Kier alpha value is -3.84. The van der Waals surface area contributed by atoms with Crippen molar-refractivity contribution < 1.29 is 34.4 Å². The quantitative estimate of drug-likeness (QED) is 0.581. The molecule has 1 aliphatic heterocycles. The van der Waals surface area contributed by atoms with Crippen LogP contribution >= 0.6 is 0 Å². The number of carboxylic acid groups (broad SMARTS) is 1. The number of aldehydes is 1. The highest BCUT2D eigenvalue weighted by Crippen LogP contribution is 2.54. The van der Waals surface area contributed by atoms with E-state index in [4.69, 9.17) is 9.47 Å². The van der Waals surface area contributed by atoms with Crippen molar-refractivity contribution >= 4 is 12.3 Å². The van der Waals surface area contributed by atoms with Gasteiger partial charge in [0.25, 0.3) is 0 Å². The topological polar surface area (TPSA) is 113 Å². The van der Waals surface area contributed by atoms with Crippen LogP contribution in [-0.2, 0) is 10.3 Å². The molecule has 3 N–H and O–H groups in total. The summed E-state index contributed by atoms with van der Waals surface area (Å²) in [5.74, 6) is -0.662. The van der Waals surface area contributed by atoms with Crippen LogP contribution in [-0.4, -0.2) is 34.7 Å². The summed E-state index contributed by atoms with van der Waals surface area (Å²) in [4.78, 5) is 23.2. The molecule has 0 fully saturated rings. The summed E-state index contributed by atoms with van der Waals surface area (Å²) in [6, 6.07) is 13.2. The van der Waals surface area contributed by atoms with Gasteiger partial charge in [-0.25, -0.2) is 4.79 Å². The van der Waals surface area contributed by atoms with Crippen molar-refractivity contribution in [2.45, 2.75) is 5.60 Å². The van der Waals surface area contributed by atoms with Gasteiger partial charge in [-0.05, 0) is 36.4 Å². The number of carboxylic acids is 1. The molecule has 0 saturated heterocycles. The second kappa shape index (κ2) is 6.65. The van der Waals surface area contributed by atoms with E-state index in [1.807, 2.05) is 0 Å². The summed E-state index contributed by atoms with van der Waals surface area (Å²) in [7, 11) is 1.46.